The van der Waals surface area contributed by atoms with E-state index < -0.39 is 10.8 Å². The number of nitrogens with one attached hydrogen (secondary N) is 1. The molecule has 0 saturated heterocycles. The van der Waals surface area contributed by atoms with Crippen molar-refractivity contribution in [2.75, 3.05) is 0 Å². The molecule has 0 radical (unpaired) electrons. The molecule has 0 saturated carbocycles. The molecular formula is C14H8Cl3N3O3. The third-order valence-corrected chi connectivity index (χ3v) is 3.79. The van der Waals surface area contributed by atoms with Gasteiger partial charge in [-0.3, -0.25) is 14.9 Å². The van der Waals surface area contributed by atoms with Gasteiger partial charge < -0.3 is 0 Å². The van der Waals surface area contributed by atoms with Gasteiger partial charge in [0.2, 0.25) is 0 Å². The summed E-state index contributed by atoms with van der Waals surface area (Å²) in [6, 6.07) is 8.54. The summed E-state index contributed by atoms with van der Waals surface area (Å²) in [5, 5.41) is 15.1. The molecule has 1 amide bonds. The minimum Gasteiger partial charge on any atom is -0.267 e. The van der Waals surface area contributed by atoms with Crippen LogP contribution in [0, 0.1) is 10.1 Å². The van der Waals surface area contributed by atoms with E-state index in [0.717, 1.165) is 0 Å². The number of carbonyl (C=O) groups is 1. The van der Waals surface area contributed by atoms with Crippen molar-refractivity contribution >= 4 is 52.6 Å². The fraction of sp³-hybridized carbons (Fsp3) is 0. The molecule has 2 aromatic rings. The molecular weight excluding hydrogens is 365 g/mol. The lowest BCUT2D eigenvalue weighted by atomic mass is 10.2. The predicted molar refractivity (Wildman–Crippen MR) is 89.6 cm³/mol. The maximum absolute atomic E-state index is 11.9. The molecule has 0 heterocycles. The highest BCUT2D eigenvalue weighted by Gasteiger charge is 2.12. The highest BCUT2D eigenvalue weighted by Crippen LogP contribution is 2.24. The van der Waals surface area contributed by atoms with Gasteiger partial charge in [0.1, 0.15) is 5.02 Å². The average Bonchev–Trinajstić information content (AvgIpc) is 2.51. The van der Waals surface area contributed by atoms with Gasteiger partial charge in [-0.2, -0.15) is 5.10 Å². The zero-order valence-electron chi connectivity index (χ0n) is 11.3. The third-order valence-electron chi connectivity index (χ3n) is 2.73. The van der Waals surface area contributed by atoms with Crippen molar-refractivity contribution in [1.82, 2.24) is 5.43 Å². The van der Waals surface area contributed by atoms with Crippen molar-refractivity contribution in [2.45, 2.75) is 0 Å². The number of hydrogen-bond acceptors (Lipinski definition) is 4. The summed E-state index contributed by atoms with van der Waals surface area (Å²) in [6.45, 7) is 0. The number of nitro benzene ring substituents is 1. The van der Waals surface area contributed by atoms with Crippen molar-refractivity contribution in [3.05, 3.63) is 72.7 Å². The van der Waals surface area contributed by atoms with Crippen LogP contribution in [0.15, 0.2) is 41.5 Å². The van der Waals surface area contributed by atoms with Gasteiger partial charge >= 0.3 is 0 Å². The molecule has 0 atom stereocenters. The largest absolute Gasteiger partial charge is 0.288 e. The summed E-state index contributed by atoms with van der Waals surface area (Å²) in [4.78, 5) is 22.1. The van der Waals surface area contributed by atoms with Crippen LogP contribution in [0.3, 0.4) is 0 Å². The second-order valence-electron chi connectivity index (χ2n) is 4.30. The lowest BCUT2D eigenvalue weighted by molar-refractivity contribution is -0.384. The molecule has 6 nitrogen and oxygen atoms in total. The molecule has 0 aliphatic heterocycles. The van der Waals surface area contributed by atoms with Crippen LogP contribution in [0.4, 0.5) is 5.69 Å². The second kappa shape index (κ2) is 7.41. The molecule has 118 valence electrons. The summed E-state index contributed by atoms with van der Waals surface area (Å²) in [7, 11) is 0. The number of carbonyl (C=O) groups excluding carboxylic acids is 1. The quantitative estimate of drug-likeness (QED) is 0.493. The Kier molecular flexibility index (Phi) is 5.54. The van der Waals surface area contributed by atoms with Crippen LogP contribution in [0.25, 0.3) is 0 Å². The van der Waals surface area contributed by atoms with Gasteiger partial charge in [0.15, 0.2) is 0 Å². The number of hydrazone groups is 1. The number of benzene rings is 2. The Bertz CT molecular complexity index is 809. The van der Waals surface area contributed by atoms with Crippen LogP contribution in [0.5, 0.6) is 0 Å². The number of nitro groups is 1. The monoisotopic (exact) mass is 371 g/mol. The Morgan fingerprint density at radius 2 is 1.78 bits per heavy atom. The van der Waals surface area contributed by atoms with Crippen molar-refractivity contribution in [2.24, 2.45) is 5.10 Å². The minimum atomic E-state index is -0.603. The fourth-order valence-corrected chi connectivity index (χ4v) is 2.10. The van der Waals surface area contributed by atoms with E-state index in [2.05, 4.69) is 10.5 Å². The summed E-state index contributed by atoms with van der Waals surface area (Å²) < 4.78 is 0. The molecule has 0 aromatic heterocycles. The molecule has 2 aromatic carbocycles. The summed E-state index contributed by atoms with van der Waals surface area (Å²) >= 11 is 17.3. The number of amides is 1. The fourth-order valence-electron chi connectivity index (χ4n) is 1.62. The Morgan fingerprint density at radius 1 is 1.09 bits per heavy atom. The molecule has 9 heteroatoms. The molecule has 0 aliphatic rings. The van der Waals surface area contributed by atoms with Gasteiger partial charge in [0, 0.05) is 17.2 Å². The first kappa shape index (κ1) is 17.2. The Labute approximate surface area is 145 Å². The maximum atomic E-state index is 11.9. The Morgan fingerprint density at radius 3 is 2.43 bits per heavy atom. The molecule has 2 rings (SSSR count). The van der Waals surface area contributed by atoms with Gasteiger partial charge in [-0.25, -0.2) is 5.43 Å². The zero-order valence-corrected chi connectivity index (χ0v) is 13.6. The predicted octanol–water partition coefficient (Wildman–Crippen LogP) is 4.32. The van der Waals surface area contributed by atoms with Crippen LogP contribution in [-0.2, 0) is 0 Å². The molecule has 0 unspecified atom stereocenters. The highest BCUT2D eigenvalue weighted by molar-refractivity contribution is 6.42. The van der Waals surface area contributed by atoms with Crippen molar-refractivity contribution < 1.29 is 9.72 Å². The van der Waals surface area contributed by atoms with Crippen LogP contribution in [-0.4, -0.2) is 17.0 Å². The van der Waals surface area contributed by atoms with Gasteiger partial charge in [-0.1, -0.05) is 40.9 Å². The van der Waals surface area contributed by atoms with E-state index in [0.29, 0.717) is 10.6 Å². The van der Waals surface area contributed by atoms with E-state index in [9.17, 15) is 14.9 Å². The van der Waals surface area contributed by atoms with Crippen LogP contribution >= 0.6 is 34.8 Å². The lowest BCUT2D eigenvalue weighted by Crippen LogP contribution is -2.17. The molecule has 1 N–H and O–H groups in total. The van der Waals surface area contributed by atoms with E-state index >= 15 is 0 Å². The number of rotatable bonds is 4. The van der Waals surface area contributed by atoms with Gasteiger partial charge in [-0.05, 0) is 24.3 Å². The maximum Gasteiger partial charge on any atom is 0.288 e. The summed E-state index contributed by atoms with van der Waals surface area (Å²) in [5.74, 6) is -0.497. The first-order valence-electron chi connectivity index (χ1n) is 6.11. The zero-order chi connectivity index (χ0) is 17.0. The van der Waals surface area contributed by atoms with E-state index in [1.165, 1.54) is 42.6 Å². The van der Waals surface area contributed by atoms with E-state index in [1.807, 2.05) is 0 Å². The normalized spacial score (nSPS) is 10.7. The third kappa shape index (κ3) is 4.41. The standard InChI is InChI=1S/C14H8Cl3N3O3/c15-10-4-2-9(6-12(10)17)14(21)19-18-7-8-1-3-11(16)13(5-8)20(22)23/h1-7H,(H,19,21)/b18-7-. The van der Waals surface area contributed by atoms with Gasteiger partial charge in [-0.15, -0.1) is 0 Å². The molecule has 0 spiro atoms. The Hall–Kier alpha value is -2.15. The smallest absolute Gasteiger partial charge is 0.267 e. The highest BCUT2D eigenvalue weighted by atomic mass is 35.5. The summed E-state index contributed by atoms with van der Waals surface area (Å²) in [6.07, 6.45) is 1.26. The number of hydrogen-bond donors (Lipinski definition) is 1. The molecule has 23 heavy (non-hydrogen) atoms. The number of nitrogens with zero attached hydrogens (tertiary/aromatic N) is 2. The van der Waals surface area contributed by atoms with E-state index in [4.69, 9.17) is 34.8 Å². The van der Waals surface area contributed by atoms with Crippen molar-refractivity contribution in [1.29, 1.82) is 0 Å². The molecule has 0 bridgehead atoms. The van der Waals surface area contributed by atoms with Crippen molar-refractivity contribution in [3.8, 4) is 0 Å². The lowest BCUT2D eigenvalue weighted by Gasteiger charge is -2.02. The first-order chi connectivity index (χ1) is 10.9. The van der Waals surface area contributed by atoms with Gasteiger partial charge in [0.25, 0.3) is 11.6 Å². The Balaban J connectivity index is 2.09. The van der Waals surface area contributed by atoms with Crippen LogP contribution in [0.2, 0.25) is 15.1 Å². The molecule has 0 fully saturated rings. The SMILES string of the molecule is O=C(N/N=C\c1ccc(Cl)c([N+](=O)[O-])c1)c1ccc(Cl)c(Cl)c1. The average molecular weight is 373 g/mol. The topological polar surface area (TPSA) is 84.6 Å². The van der Waals surface area contributed by atoms with Crippen LogP contribution in [0.1, 0.15) is 15.9 Å². The molecule has 0 aliphatic carbocycles. The second-order valence-corrected chi connectivity index (χ2v) is 5.52. The minimum absolute atomic E-state index is 0.0204. The van der Waals surface area contributed by atoms with Crippen molar-refractivity contribution in [3.63, 3.8) is 0 Å². The van der Waals surface area contributed by atoms with E-state index in [-0.39, 0.29) is 21.3 Å². The summed E-state index contributed by atoms with van der Waals surface area (Å²) in [5.41, 5.74) is 2.73. The first-order valence-corrected chi connectivity index (χ1v) is 7.24. The van der Waals surface area contributed by atoms with Gasteiger partial charge in [0.05, 0.1) is 21.2 Å². The number of halogens is 3. The van der Waals surface area contributed by atoms with Crippen LogP contribution < -0.4 is 5.43 Å². The van der Waals surface area contributed by atoms with E-state index in [1.54, 1.807) is 0 Å².